The van der Waals surface area contributed by atoms with Crippen LogP contribution in [0.3, 0.4) is 0 Å². The van der Waals surface area contributed by atoms with Gasteiger partial charge in [0.05, 0.1) is 20.8 Å². The zero-order chi connectivity index (χ0) is 15.6. The van der Waals surface area contributed by atoms with Gasteiger partial charge in [0.2, 0.25) is 0 Å². The second kappa shape index (κ2) is 6.16. The normalized spacial score (nSPS) is 16.8. The van der Waals surface area contributed by atoms with Gasteiger partial charge in [-0.15, -0.1) is 0 Å². The van der Waals surface area contributed by atoms with Crippen molar-refractivity contribution in [2.75, 3.05) is 20.8 Å². The molecular weight excluding hydrogens is 272 g/mol. The monoisotopic (exact) mass is 292 g/mol. The van der Waals surface area contributed by atoms with Gasteiger partial charge in [0.25, 0.3) is 0 Å². The highest BCUT2D eigenvalue weighted by molar-refractivity contribution is 6.12. The van der Waals surface area contributed by atoms with Crippen molar-refractivity contribution in [3.63, 3.8) is 0 Å². The average molecular weight is 292 g/mol. The summed E-state index contributed by atoms with van der Waals surface area (Å²) in [6, 6.07) is 3.35. The summed E-state index contributed by atoms with van der Waals surface area (Å²) in [4.78, 5) is 24.4. The number of esters is 1. The largest absolute Gasteiger partial charge is 0.493 e. The summed E-state index contributed by atoms with van der Waals surface area (Å²) in [5.41, 5.74) is 1.23. The van der Waals surface area contributed by atoms with Gasteiger partial charge < -0.3 is 14.2 Å². The SMILES string of the molecule is COc1ccc2c(c1OC)CC(C(=O)OCC(C)C)C2=O. The molecule has 21 heavy (non-hydrogen) atoms. The van der Waals surface area contributed by atoms with Gasteiger partial charge in [-0.1, -0.05) is 13.8 Å². The third-order valence-corrected chi connectivity index (χ3v) is 3.48. The predicted molar refractivity (Wildman–Crippen MR) is 76.9 cm³/mol. The van der Waals surface area contributed by atoms with Crippen LogP contribution in [-0.4, -0.2) is 32.6 Å². The lowest BCUT2D eigenvalue weighted by atomic mass is 10.1. The maximum atomic E-state index is 12.4. The van der Waals surface area contributed by atoms with Crippen LogP contribution in [0, 0.1) is 11.8 Å². The van der Waals surface area contributed by atoms with Crippen molar-refractivity contribution < 1.29 is 23.8 Å². The summed E-state index contributed by atoms with van der Waals surface area (Å²) in [7, 11) is 3.06. The van der Waals surface area contributed by atoms with Crippen LogP contribution in [0.25, 0.3) is 0 Å². The fourth-order valence-corrected chi connectivity index (χ4v) is 2.45. The van der Waals surface area contributed by atoms with Crippen LogP contribution in [0.2, 0.25) is 0 Å². The fraction of sp³-hybridized carbons (Fsp3) is 0.500. The van der Waals surface area contributed by atoms with E-state index in [1.807, 2.05) is 13.8 Å². The summed E-state index contributed by atoms with van der Waals surface area (Å²) in [6.07, 6.45) is 0.297. The number of Topliss-reactive ketones (excluding diaryl/α,β-unsaturated/α-hetero) is 1. The van der Waals surface area contributed by atoms with Crippen molar-refractivity contribution in [3.8, 4) is 11.5 Å². The number of hydrogen-bond donors (Lipinski definition) is 0. The average Bonchev–Trinajstić information content (AvgIpc) is 2.81. The molecule has 2 rings (SSSR count). The van der Waals surface area contributed by atoms with Gasteiger partial charge >= 0.3 is 5.97 Å². The second-order valence-electron chi connectivity index (χ2n) is 5.47. The van der Waals surface area contributed by atoms with Crippen LogP contribution >= 0.6 is 0 Å². The van der Waals surface area contributed by atoms with Gasteiger partial charge in [0, 0.05) is 11.1 Å². The molecule has 1 aliphatic carbocycles. The molecule has 0 aromatic heterocycles. The first-order valence-corrected chi connectivity index (χ1v) is 6.94. The Balaban J connectivity index is 2.25. The van der Waals surface area contributed by atoms with Crippen molar-refractivity contribution in [2.24, 2.45) is 11.8 Å². The van der Waals surface area contributed by atoms with Gasteiger partial charge in [-0.2, -0.15) is 0 Å². The summed E-state index contributed by atoms with van der Waals surface area (Å²) >= 11 is 0. The van der Waals surface area contributed by atoms with Crippen molar-refractivity contribution in [2.45, 2.75) is 20.3 Å². The third-order valence-electron chi connectivity index (χ3n) is 3.48. The van der Waals surface area contributed by atoms with E-state index in [1.165, 1.54) is 14.2 Å². The van der Waals surface area contributed by atoms with E-state index in [9.17, 15) is 9.59 Å². The number of carbonyl (C=O) groups is 2. The molecule has 1 aromatic carbocycles. The molecule has 1 atom stereocenters. The second-order valence-corrected chi connectivity index (χ2v) is 5.47. The fourth-order valence-electron chi connectivity index (χ4n) is 2.45. The minimum Gasteiger partial charge on any atom is -0.493 e. The van der Waals surface area contributed by atoms with E-state index in [-0.39, 0.29) is 11.7 Å². The first-order valence-electron chi connectivity index (χ1n) is 6.94. The van der Waals surface area contributed by atoms with Crippen LogP contribution in [0.15, 0.2) is 12.1 Å². The van der Waals surface area contributed by atoms with E-state index in [4.69, 9.17) is 14.2 Å². The molecular formula is C16H20O5. The van der Waals surface area contributed by atoms with Crippen molar-refractivity contribution in [1.29, 1.82) is 0 Å². The maximum Gasteiger partial charge on any atom is 0.317 e. The number of ketones is 1. The molecule has 114 valence electrons. The summed E-state index contributed by atoms with van der Waals surface area (Å²) in [6.45, 7) is 4.22. The third kappa shape index (κ3) is 2.86. The van der Waals surface area contributed by atoms with E-state index in [0.29, 0.717) is 35.7 Å². The molecule has 0 heterocycles. The highest BCUT2D eigenvalue weighted by Gasteiger charge is 2.39. The Morgan fingerprint density at radius 1 is 1.29 bits per heavy atom. The van der Waals surface area contributed by atoms with Crippen molar-refractivity contribution >= 4 is 11.8 Å². The summed E-state index contributed by atoms with van der Waals surface area (Å²) in [5.74, 6) is -0.143. The predicted octanol–water partition coefficient (Wildman–Crippen LogP) is 2.26. The number of rotatable bonds is 5. The van der Waals surface area contributed by atoms with Crippen molar-refractivity contribution in [1.82, 2.24) is 0 Å². The van der Waals surface area contributed by atoms with Crippen LogP contribution in [0.5, 0.6) is 11.5 Å². The maximum absolute atomic E-state index is 12.4. The van der Waals surface area contributed by atoms with E-state index >= 15 is 0 Å². The zero-order valence-corrected chi connectivity index (χ0v) is 12.8. The molecule has 5 nitrogen and oxygen atoms in total. The smallest absolute Gasteiger partial charge is 0.317 e. The summed E-state index contributed by atoms with van der Waals surface area (Å²) < 4.78 is 15.7. The van der Waals surface area contributed by atoms with E-state index in [2.05, 4.69) is 0 Å². The quantitative estimate of drug-likeness (QED) is 0.615. The lowest BCUT2D eigenvalue weighted by Gasteiger charge is -2.11. The van der Waals surface area contributed by atoms with E-state index in [0.717, 1.165) is 0 Å². The Morgan fingerprint density at radius 2 is 2.00 bits per heavy atom. The van der Waals surface area contributed by atoms with Gasteiger partial charge in [0.15, 0.2) is 17.3 Å². The lowest BCUT2D eigenvalue weighted by molar-refractivity contribution is -0.147. The number of methoxy groups -OCH3 is 2. The number of hydrogen-bond acceptors (Lipinski definition) is 5. The molecule has 0 aliphatic heterocycles. The van der Waals surface area contributed by atoms with Crippen LogP contribution in [0.4, 0.5) is 0 Å². The Bertz CT molecular complexity index is 562. The highest BCUT2D eigenvalue weighted by atomic mass is 16.5. The van der Waals surface area contributed by atoms with Crippen molar-refractivity contribution in [3.05, 3.63) is 23.3 Å². The number of benzene rings is 1. The lowest BCUT2D eigenvalue weighted by Crippen LogP contribution is -2.24. The number of ether oxygens (including phenoxy) is 3. The Labute approximate surface area is 124 Å². The van der Waals surface area contributed by atoms with E-state index < -0.39 is 11.9 Å². The molecule has 0 amide bonds. The molecule has 5 heteroatoms. The number of fused-ring (bicyclic) bond motifs is 1. The Morgan fingerprint density at radius 3 is 2.57 bits per heavy atom. The molecule has 0 N–H and O–H groups in total. The molecule has 1 aliphatic rings. The Hall–Kier alpha value is -2.04. The standard InChI is InChI=1S/C16H20O5/c1-9(2)8-21-16(18)12-7-11-10(14(12)17)5-6-13(19-3)15(11)20-4/h5-6,9,12H,7-8H2,1-4H3. The van der Waals surface area contributed by atoms with Gasteiger partial charge in [-0.05, 0) is 24.5 Å². The zero-order valence-electron chi connectivity index (χ0n) is 12.8. The van der Waals surface area contributed by atoms with Crippen LogP contribution < -0.4 is 9.47 Å². The topological polar surface area (TPSA) is 61.8 Å². The molecule has 0 bridgehead atoms. The first-order chi connectivity index (χ1) is 9.99. The first kappa shape index (κ1) is 15.4. The Kier molecular flexibility index (Phi) is 4.50. The van der Waals surface area contributed by atoms with Crippen LogP contribution in [0.1, 0.15) is 29.8 Å². The minimum atomic E-state index is -0.778. The van der Waals surface area contributed by atoms with Gasteiger partial charge in [-0.25, -0.2) is 0 Å². The molecule has 0 saturated carbocycles. The molecule has 1 aromatic rings. The highest BCUT2D eigenvalue weighted by Crippen LogP contribution is 2.40. The number of carbonyl (C=O) groups excluding carboxylic acids is 2. The molecule has 1 unspecified atom stereocenters. The van der Waals surface area contributed by atoms with Gasteiger partial charge in [-0.3, -0.25) is 9.59 Å². The summed E-state index contributed by atoms with van der Waals surface area (Å²) in [5, 5.41) is 0. The van der Waals surface area contributed by atoms with Crippen LogP contribution in [-0.2, 0) is 16.0 Å². The molecule has 0 fully saturated rings. The molecule has 0 radical (unpaired) electrons. The van der Waals surface area contributed by atoms with Gasteiger partial charge in [0.1, 0.15) is 5.92 Å². The molecule has 0 spiro atoms. The molecule has 0 saturated heterocycles. The minimum absolute atomic E-state index is 0.209. The van der Waals surface area contributed by atoms with E-state index in [1.54, 1.807) is 12.1 Å².